The number of fused-ring (bicyclic) bond motifs is 1. The third kappa shape index (κ3) is 3.51. The molecule has 1 atom stereocenters. The number of rotatable bonds is 4. The third-order valence-corrected chi connectivity index (χ3v) is 4.85. The Morgan fingerprint density at radius 3 is 2.92 bits per heavy atom. The second-order valence-electron chi connectivity index (χ2n) is 6.81. The van der Waals surface area contributed by atoms with Crippen LogP contribution in [0.3, 0.4) is 0 Å². The van der Waals surface area contributed by atoms with Gasteiger partial charge in [0.1, 0.15) is 12.1 Å². The Morgan fingerprint density at radius 2 is 2.08 bits per heavy atom. The molecular weight excluding hydrogens is 328 g/mol. The van der Waals surface area contributed by atoms with Gasteiger partial charge in [-0.25, -0.2) is 0 Å². The summed E-state index contributed by atoms with van der Waals surface area (Å²) in [5.41, 5.74) is 3.06. The molecule has 1 N–H and O–H groups in total. The van der Waals surface area contributed by atoms with Crippen LogP contribution in [0, 0.1) is 12.8 Å². The van der Waals surface area contributed by atoms with E-state index in [-0.39, 0.29) is 11.8 Å². The minimum absolute atomic E-state index is 0.0207. The lowest BCUT2D eigenvalue weighted by atomic mass is 9.97. The van der Waals surface area contributed by atoms with E-state index >= 15 is 0 Å². The van der Waals surface area contributed by atoms with Crippen molar-refractivity contribution in [1.29, 1.82) is 0 Å². The second kappa shape index (κ2) is 7.11. The number of anilines is 1. The van der Waals surface area contributed by atoms with Gasteiger partial charge in [0, 0.05) is 19.6 Å². The van der Waals surface area contributed by atoms with Gasteiger partial charge in [-0.3, -0.25) is 4.79 Å². The van der Waals surface area contributed by atoms with Gasteiger partial charge in [-0.1, -0.05) is 29.8 Å². The van der Waals surface area contributed by atoms with Crippen molar-refractivity contribution in [1.82, 2.24) is 25.1 Å². The van der Waals surface area contributed by atoms with E-state index in [0.29, 0.717) is 13.1 Å². The average molecular weight is 350 g/mol. The van der Waals surface area contributed by atoms with E-state index in [0.717, 1.165) is 36.4 Å². The molecule has 2 aromatic heterocycles. The molecule has 7 heteroatoms. The van der Waals surface area contributed by atoms with Gasteiger partial charge >= 0.3 is 0 Å². The molecule has 1 aromatic carbocycles. The molecule has 7 nitrogen and oxygen atoms in total. The van der Waals surface area contributed by atoms with Crippen LogP contribution in [-0.2, 0) is 11.3 Å². The molecule has 1 aliphatic rings. The number of hydrogen-bond donors (Lipinski definition) is 1. The number of hydrogen-bond acceptors (Lipinski definition) is 5. The first kappa shape index (κ1) is 16.5. The maximum absolute atomic E-state index is 12.6. The first-order valence-electron chi connectivity index (χ1n) is 8.94. The molecule has 0 spiro atoms. The van der Waals surface area contributed by atoms with Crippen LogP contribution in [0.5, 0.6) is 0 Å². The van der Waals surface area contributed by atoms with E-state index in [2.05, 4.69) is 56.7 Å². The first-order valence-corrected chi connectivity index (χ1v) is 8.94. The summed E-state index contributed by atoms with van der Waals surface area (Å²) in [6.45, 7) is 4.22. The lowest BCUT2D eigenvalue weighted by Gasteiger charge is -2.32. The second-order valence-corrected chi connectivity index (χ2v) is 6.81. The van der Waals surface area contributed by atoms with E-state index in [1.807, 2.05) is 12.1 Å². The molecule has 26 heavy (non-hydrogen) atoms. The van der Waals surface area contributed by atoms with E-state index in [1.165, 1.54) is 5.56 Å². The molecule has 0 saturated carbocycles. The Balaban J connectivity index is 1.39. The largest absolute Gasteiger partial charge is 0.354 e. The van der Waals surface area contributed by atoms with Gasteiger partial charge in [-0.05, 0) is 37.5 Å². The Labute approximate surface area is 152 Å². The zero-order valence-corrected chi connectivity index (χ0v) is 14.8. The third-order valence-electron chi connectivity index (χ3n) is 4.85. The average Bonchev–Trinajstić information content (AvgIpc) is 3.15. The number of aryl methyl sites for hydroxylation is 1. The first-order chi connectivity index (χ1) is 12.7. The molecule has 3 aromatic rings. The minimum atomic E-state index is -0.0207. The number of carbonyl (C=O) groups excluding carboxylic acids is 1. The summed E-state index contributed by atoms with van der Waals surface area (Å²) in [6, 6.07) is 12.1. The number of nitrogens with one attached hydrogen (secondary N) is 1. The van der Waals surface area contributed by atoms with E-state index in [1.54, 1.807) is 10.8 Å². The Hall–Kier alpha value is -2.96. The predicted octanol–water partition coefficient (Wildman–Crippen LogP) is 1.97. The number of benzene rings is 1. The van der Waals surface area contributed by atoms with Gasteiger partial charge in [-0.15, -0.1) is 15.3 Å². The maximum atomic E-state index is 12.6. The number of carbonyl (C=O) groups is 1. The summed E-state index contributed by atoms with van der Waals surface area (Å²) in [6.07, 6.45) is 3.48. The van der Waals surface area contributed by atoms with Crippen LogP contribution in [0.25, 0.3) is 5.65 Å². The monoisotopic (exact) mass is 350 g/mol. The van der Waals surface area contributed by atoms with Gasteiger partial charge < -0.3 is 10.2 Å². The predicted molar refractivity (Wildman–Crippen MR) is 98.7 cm³/mol. The van der Waals surface area contributed by atoms with Crippen LogP contribution in [0.1, 0.15) is 24.0 Å². The highest BCUT2D eigenvalue weighted by atomic mass is 16.1. The maximum Gasteiger partial charge on any atom is 0.225 e. The van der Waals surface area contributed by atoms with Crippen molar-refractivity contribution in [2.24, 2.45) is 5.92 Å². The molecule has 0 aliphatic carbocycles. The Bertz CT molecular complexity index is 904. The van der Waals surface area contributed by atoms with Crippen molar-refractivity contribution < 1.29 is 4.79 Å². The molecule has 0 bridgehead atoms. The van der Waals surface area contributed by atoms with E-state index in [4.69, 9.17) is 0 Å². The van der Waals surface area contributed by atoms with Crippen molar-refractivity contribution in [2.45, 2.75) is 26.3 Å². The van der Waals surface area contributed by atoms with Gasteiger partial charge in [0.25, 0.3) is 0 Å². The zero-order chi connectivity index (χ0) is 17.9. The van der Waals surface area contributed by atoms with Crippen molar-refractivity contribution in [2.75, 3.05) is 18.0 Å². The molecular formula is C19H22N6O. The Morgan fingerprint density at radius 1 is 1.23 bits per heavy atom. The fourth-order valence-electron chi connectivity index (χ4n) is 3.33. The van der Waals surface area contributed by atoms with Crippen LogP contribution in [0.4, 0.5) is 5.82 Å². The van der Waals surface area contributed by atoms with Gasteiger partial charge in [0.2, 0.25) is 5.91 Å². The lowest BCUT2D eigenvalue weighted by Crippen LogP contribution is -2.43. The van der Waals surface area contributed by atoms with Crippen molar-refractivity contribution in [3.8, 4) is 0 Å². The minimum Gasteiger partial charge on any atom is -0.354 e. The van der Waals surface area contributed by atoms with Gasteiger partial charge in [-0.2, -0.15) is 4.52 Å². The quantitative estimate of drug-likeness (QED) is 0.778. The van der Waals surface area contributed by atoms with E-state index in [9.17, 15) is 4.79 Å². The highest BCUT2D eigenvalue weighted by Gasteiger charge is 2.26. The molecule has 1 aliphatic heterocycles. The van der Waals surface area contributed by atoms with Crippen LogP contribution in [0.2, 0.25) is 0 Å². The fourth-order valence-corrected chi connectivity index (χ4v) is 3.33. The van der Waals surface area contributed by atoms with E-state index < -0.39 is 0 Å². The number of nitrogens with zero attached hydrogens (tertiary/aromatic N) is 5. The highest BCUT2D eigenvalue weighted by molar-refractivity contribution is 5.79. The molecule has 134 valence electrons. The molecule has 0 unspecified atom stereocenters. The molecule has 0 radical (unpaired) electrons. The lowest BCUT2D eigenvalue weighted by molar-refractivity contribution is -0.125. The number of piperidine rings is 1. The van der Waals surface area contributed by atoms with Crippen LogP contribution < -0.4 is 10.2 Å². The van der Waals surface area contributed by atoms with Gasteiger partial charge in [0.15, 0.2) is 5.65 Å². The summed E-state index contributed by atoms with van der Waals surface area (Å²) >= 11 is 0. The number of amides is 1. The topological polar surface area (TPSA) is 75.4 Å². The molecule has 1 amide bonds. The fraction of sp³-hybridized carbons (Fsp3) is 0.368. The summed E-state index contributed by atoms with van der Waals surface area (Å²) in [5.74, 6) is 0.946. The molecule has 1 saturated heterocycles. The SMILES string of the molecule is Cc1ccc(CNC(=O)[C@H]2CCCN(c3ccc4nncn4n3)C2)cc1. The van der Waals surface area contributed by atoms with Crippen molar-refractivity contribution >= 4 is 17.4 Å². The smallest absolute Gasteiger partial charge is 0.225 e. The van der Waals surface area contributed by atoms with Crippen LogP contribution in [0.15, 0.2) is 42.7 Å². The molecule has 4 rings (SSSR count). The summed E-state index contributed by atoms with van der Waals surface area (Å²) < 4.78 is 1.66. The van der Waals surface area contributed by atoms with Crippen molar-refractivity contribution in [3.63, 3.8) is 0 Å². The molecule has 3 heterocycles. The van der Waals surface area contributed by atoms with Gasteiger partial charge in [0.05, 0.1) is 5.92 Å². The summed E-state index contributed by atoms with van der Waals surface area (Å²) in [7, 11) is 0. The highest BCUT2D eigenvalue weighted by Crippen LogP contribution is 2.22. The Kier molecular flexibility index (Phi) is 4.51. The summed E-state index contributed by atoms with van der Waals surface area (Å²) in [4.78, 5) is 14.8. The molecule has 1 fully saturated rings. The normalized spacial score (nSPS) is 17.4. The standard InChI is InChI=1S/C19H22N6O/c1-14-4-6-15(7-5-14)11-20-19(26)16-3-2-10-24(12-16)18-9-8-17-22-21-13-25(17)23-18/h4-9,13,16H,2-3,10-12H2,1H3,(H,20,26)/t16-/m0/s1. The van der Waals surface area contributed by atoms with Crippen LogP contribution >= 0.6 is 0 Å². The van der Waals surface area contributed by atoms with Crippen molar-refractivity contribution in [3.05, 3.63) is 53.9 Å². The summed E-state index contributed by atoms with van der Waals surface area (Å²) in [5, 5.41) is 15.4. The van der Waals surface area contributed by atoms with Crippen LogP contribution in [-0.4, -0.2) is 38.8 Å². The zero-order valence-electron chi connectivity index (χ0n) is 14.8. The number of aromatic nitrogens is 4.